The van der Waals surface area contributed by atoms with E-state index in [0.717, 1.165) is 32.2 Å². The molecule has 0 atom stereocenters. The van der Waals surface area contributed by atoms with E-state index in [1.807, 2.05) is 0 Å². The predicted molar refractivity (Wildman–Crippen MR) is 43.1 cm³/mol. The summed E-state index contributed by atoms with van der Waals surface area (Å²) in [5.74, 6) is 0.424. The number of carbonyl (C=O) groups is 1. The van der Waals surface area contributed by atoms with Gasteiger partial charge in [0.1, 0.15) is 5.78 Å². The SMILES string of the molecule is O=C1CCC2=C(CCCN2)C1. The Kier molecular flexibility index (Phi) is 1.68. The van der Waals surface area contributed by atoms with Gasteiger partial charge in [0.2, 0.25) is 0 Å². The smallest absolute Gasteiger partial charge is 0.137 e. The van der Waals surface area contributed by atoms with E-state index >= 15 is 0 Å². The number of allylic oxidation sites excluding steroid dienone is 2. The fraction of sp³-hybridized carbons (Fsp3) is 0.667. The number of nitrogens with one attached hydrogen (secondary N) is 1. The maximum Gasteiger partial charge on any atom is 0.137 e. The molecule has 1 aliphatic heterocycles. The second kappa shape index (κ2) is 2.68. The zero-order valence-electron chi connectivity index (χ0n) is 6.65. The van der Waals surface area contributed by atoms with Crippen molar-refractivity contribution in [2.24, 2.45) is 0 Å². The van der Waals surface area contributed by atoms with E-state index < -0.39 is 0 Å². The van der Waals surface area contributed by atoms with Gasteiger partial charge >= 0.3 is 0 Å². The molecule has 0 amide bonds. The first-order valence-corrected chi connectivity index (χ1v) is 4.33. The molecule has 0 unspecified atom stereocenters. The van der Waals surface area contributed by atoms with Gasteiger partial charge in [-0.15, -0.1) is 0 Å². The summed E-state index contributed by atoms with van der Waals surface area (Å²) in [4.78, 5) is 11.1. The van der Waals surface area contributed by atoms with Gasteiger partial charge in [-0.2, -0.15) is 0 Å². The summed E-state index contributed by atoms with van der Waals surface area (Å²) in [5, 5.41) is 3.37. The fourth-order valence-corrected chi connectivity index (χ4v) is 1.87. The quantitative estimate of drug-likeness (QED) is 0.566. The molecule has 1 aliphatic carbocycles. The topological polar surface area (TPSA) is 29.1 Å². The summed E-state index contributed by atoms with van der Waals surface area (Å²) >= 11 is 0. The molecule has 0 spiro atoms. The molecule has 0 aromatic rings. The second-order valence-corrected chi connectivity index (χ2v) is 3.33. The van der Waals surface area contributed by atoms with Gasteiger partial charge in [0.05, 0.1) is 0 Å². The molecule has 1 N–H and O–H groups in total. The molecule has 0 saturated carbocycles. The van der Waals surface area contributed by atoms with Crippen molar-refractivity contribution in [3.8, 4) is 0 Å². The molecule has 1 heterocycles. The lowest BCUT2D eigenvalue weighted by Crippen LogP contribution is -2.26. The van der Waals surface area contributed by atoms with E-state index in [0.29, 0.717) is 5.78 Å². The zero-order valence-corrected chi connectivity index (χ0v) is 6.65. The summed E-state index contributed by atoms with van der Waals surface area (Å²) in [7, 11) is 0. The van der Waals surface area contributed by atoms with Crippen LogP contribution in [0.3, 0.4) is 0 Å². The lowest BCUT2D eigenvalue weighted by molar-refractivity contribution is -0.118. The highest BCUT2D eigenvalue weighted by Crippen LogP contribution is 2.26. The van der Waals surface area contributed by atoms with Crippen LogP contribution in [-0.2, 0) is 4.79 Å². The molecule has 0 fully saturated rings. The average molecular weight is 151 g/mol. The Morgan fingerprint density at radius 2 is 2.09 bits per heavy atom. The lowest BCUT2D eigenvalue weighted by atomic mass is 9.90. The van der Waals surface area contributed by atoms with Gasteiger partial charge in [-0.1, -0.05) is 0 Å². The van der Waals surface area contributed by atoms with Crippen LogP contribution in [0.2, 0.25) is 0 Å². The van der Waals surface area contributed by atoms with Crippen molar-refractivity contribution in [3.63, 3.8) is 0 Å². The van der Waals surface area contributed by atoms with Gasteiger partial charge < -0.3 is 5.32 Å². The Hall–Kier alpha value is -0.790. The number of hydrogen-bond acceptors (Lipinski definition) is 2. The van der Waals surface area contributed by atoms with Crippen molar-refractivity contribution in [2.45, 2.75) is 32.1 Å². The van der Waals surface area contributed by atoms with Crippen LogP contribution in [0.1, 0.15) is 32.1 Å². The van der Waals surface area contributed by atoms with Crippen molar-refractivity contribution >= 4 is 5.78 Å². The third kappa shape index (κ3) is 1.30. The van der Waals surface area contributed by atoms with Crippen LogP contribution in [0.25, 0.3) is 0 Å². The van der Waals surface area contributed by atoms with E-state index in [-0.39, 0.29) is 0 Å². The van der Waals surface area contributed by atoms with E-state index in [4.69, 9.17) is 0 Å². The number of carbonyl (C=O) groups excluding carboxylic acids is 1. The summed E-state index contributed by atoms with van der Waals surface area (Å²) in [6, 6.07) is 0. The van der Waals surface area contributed by atoms with Gasteiger partial charge in [-0.05, 0) is 24.8 Å². The van der Waals surface area contributed by atoms with Gasteiger partial charge in [-0.3, -0.25) is 4.79 Å². The number of rotatable bonds is 0. The number of ketones is 1. The van der Waals surface area contributed by atoms with E-state index in [9.17, 15) is 4.79 Å². The predicted octanol–water partition coefficient (Wildman–Crippen LogP) is 1.38. The lowest BCUT2D eigenvalue weighted by Gasteiger charge is -2.25. The Balaban J connectivity index is 2.18. The molecule has 0 saturated heterocycles. The van der Waals surface area contributed by atoms with Crippen molar-refractivity contribution in [3.05, 3.63) is 11.3 Å². The summed E-state index contributed by atoms with van der Waals surface area (Å²) < 4.78 is 0. The molecule has 2 heteroatoms. The third-order valence-electron chi connectivity index (χ3n) is 2.48. The maximum absolute atomic E-state index is 11.1. The summed E-state index contributed by atoms with van der Waals surface area (Å²) in [6.07, 6.45) is 4.79. The van der Waals surface area contributed by atoms with Crippen molar-refractivity contribution in [2.75, 3.05) is 6.54 Å². The largest absolute Gasteiger partial charge is 0.388 e. The Morgan fingerprint density at radius 3 is 3.00 bits per heavy atom. The molecule has 60 valence electrons. The van der Waals surface area contributed by atoms with Crippen LogP contribution >= 0.6 is 0 Å². The highest BCUT2D eigenvalue weighted by atomic mass is 16.1. The molecule has 0 radical (unpaired) electrons. The third-order valence-corrected chi connectivity index (χ3v) is 2.48. The molecule has 2 rings (SSSR count). The zero-order chi connectivity index (χ0) is 7.68. The minimum atomic E-state index is 0.424. The summed E-state index contributed by atoms with van der Waals surface area (Å²) in [6.45, 7) is 1.10. The molecular formula is C9H13NO. The minimum absolute atomic E-state index is 0.424. The average Bonchev–Trinajstić information content (AvgIpc) is 2.04. The maximum atomic E-state index is 11.1. The number of hydrogen-bond donors (Lipinski definition) is 1. The van der Waals surface area contributed by atoms with Gasteiger partial charge in [0, 0.05) is 25.1 Å². The standard InChI is InChI=1S/C9H13NO/c11-8-3-4-9-7(6-8)2-1-5-10-9/h10H,1-6H2. The van der Waals surface area contributed by atoms with Crippen molar-refractivity contribution < 1.29 is 4.79 Å². The van der Waals surface area contributed by atoms with Crippen LogP contribution in [0.4, 0.5) is 0 Å². The van der Waals surface area contributed by atoms with E-state index in [1.54, 1.807) is 0 Å². The van der Waals surface area contributed by atoms with E-state index in [1.165, 1.54) is 17.7 Å². The Bertz CT molecular complexity index is 218. The molecule has 0 aromatic carbocycles. The molecular weight excluding hydrogens is 138 g/mol. The van der Waals surface area contributed by atoms with E-state index in [2.05, 4.69) is 5.32 Å². The first-order chi connectivity index (χ1) is 5.36. The van der Waals surface area contributed by atoms with Crippen LogP contribution < -0.4 is 5.32 Å². The first-order valence-electron chi connectivity index (χ1n) is 4.33. The van der Waals surface area contributed by atoms with Crippen molar-refractivity contribution in [1.29, 1.82) is 0 Å². The number of Topliss-reactive ketones (excluding diaryl/α,β-unsaturated/α-hetero) is 1. The van der Waals surface area contributed by atoms with Gasteiger partial charge in [0.25, 0.3) is 0 Å². The van der Waals surface area contributed by atoms with Gasteiger partial charge in [-0.25, -0.2) is 0 Å². The Morgan fingerprint density at radius 1 is 1.18 bits per heavy atom. The molecule has 2 aliphatic rings. The van der Waals surface area contributed by atoms with Crippen LogP contribution in [0.15, 0.2) is 11.3 Å². The highest BCUT2D eigenvalue weighted by molar-refractivity contribution is 5.82. The van der Waals surface area contributed by atoms with Crippen LogP contribution in [-0.4, -0.2) is 12.3 Å². The van der Waals surface area contributed by atoms with Crippen molar-refractivity contribution in [1.82, 2.24) is 5.32 Å². The Labute approximate surface area is 66.7 Å². The fourth-order valence-electron chi connectivity index (χ4n) is 1.87. The minimum Gasteiger partial charge on any atom is -0.388 e. The molecule has 2 nitrogen and oxygen atoms in total. The summed E-state index contributed by atoms with van der Waals surface area (Å²) in [5.41, 5.74) is 2.75. The first kappa shape index (κ1) is 6.89. The normalized spacial score (nSPS) is 24.5. The van der Waals surface area contributed by atoms with Crippen LogP contribution in [0.5, 0.6) is 0 Å². The van der Waals surface area contributed by atoms with Crippen LogP contribution in [0, 0.1) is 0 Å². The molecule has 0 bridgehead atoms. The molecule has 11 heavy (non-hydrogen) atoms. The van der Waals surface area contributed by atoms with Gasteiger partial charge in [0.15, 0.2) is 0 Å². The highest BCUT2D eigenvalue weighted by Gasteiger charge is 2.19. The molecule has 0 aromatic heterocycles. The second-order valence-electron chi connectivity index (χ2n) is 3.33. The monoisotopic (exact) mass is 151 g/mol.